The van der Waals surface area contributed by atoms with E-state index in [0.717, 1.165) is 16.8 Å². The Bertz CT molecular complexity index is 642. The van der Waals surface area contributed by atoms with Crippen LogP contribution in [-0.4, -0.2) is 19.8 Å². The van der Waals surface area contributed by atoms with Crippen molar-refractivity contribution < 1.29 is 4.74 Å². The number of rotatable bonds is 6. The van der Waals surface area contributed by atoms with E-state index in [1.807, 2.05) is 22.9 Å². The molecule has 0 bridgehead atoms. The molecule has 0 aliphatic carbocycles. The van der Waals surface area contributed by atoms with E-state index >= 15 is 0 Å². The molecule has 2 aromatic rings. The monoisotopic (exact) mass is 368 g/mol. The van der Waals surface area contributed by atoms with Gasteiger partial charge in [-0.15, -0.1) is 0 Å². The molecule has 0 saturated carbocycles. The van der Waals surface area contributed by atoms with Crippen molar-refractivity contribution in [2.24, 2.45) is 11.7 Å². The summed E-state index contributed by atoms with van der Waals surface area (Å²) in [5, 5.41) is 4.21. The minimum absolute atomic E-state index is 0.301. The van der Waals surface area contributed by atoms with Gasteiger partial charge < -0.3 is 10.5 Å². The molecular formula is C14H17BrN4OS. The number of hydrogen-bond acceptors (Lipinski definition) is 4. The van der Waals surface area contributed by atoms with Gasteiger partial charge in [-0.1, -0.05) is 42.0 Å². The fourth-order valence-electron chi connectivity index (χ4n) is 1.86. The van der Waals surface area contributed by atoms with Crippen LogP contribution in [0.2, 0.25) is 0 Å². The zero-order chi connectivity index (χ0) is 15.4. The predicted molar refractivity (Wildman–Crippen MR) is 89.2 cm³/mol. The lowest BCUT2D eigenvalue weighted by molar-refractivity contribution is 0.282. The van der Waals surface area contributed by atoms with Crippen LogP contribution < -0.4 is 10.5 Å². The second kappa shape index (κ2) is 7.00. The largest absolute Gasteiger partial charge is 0.485 e. The molecule has 0 amide bonds. The topological polar surface area (TPSA) is 66.0 Å². The van der Waals surface area contributed by atoms with E-state index < -0.39 is 0 Å². The molecule has 5 nitrogen and oxygen atoms in total. The van der Waals surface area contributed by atoms with E-state index in [1.54, 1.807) is 0 Å². The highest BCUT2D eigenvalue weighted by molar-refractivity contribution is 9.10. The van der Waals surface area contributed by atoms with Crippen molar-refractivity contribution in [3.8, 4) is 5.75 Å². The van der Waals surface area contributed by atoms with Crippen LogP contribution in [0.5, 0.6) is 5.75 Å². The van der Waals surface area contributed by atoms with Crippen LogP contribution in [0.25, 0.3) is 0 Å². The minimum Gasteiger partial charge on any atom is -0.485 e. The molecule has 0 aliphatic rings. The summed E-state index contributed by atoms with van der Waals surface area (Å²) in [7, 11) is 0. The van der Waals surface area contributed by atoms with E-state index in [4.69, 9.17) is 22.7 Å². The van der Waals surface area contributed by atoms with E-state index in [2.05, 4.69) is 39.9 Å². The van der Waals surface area contributed by atoms with Crippen molar-refractivity contribution in [2.45, 2.75) is 27.0 Å². The third-order valence-electron chi connectivity index (χ3n) is 2.80. The average Bonchev–Trinajstić information content (AvgIpc) is 2.83. The Morgan fingerprint density at radius 2 is 2.24 bits per heavy atom. The summed E-state index contributed by atoms with van der Waals surface area (Å²) >= 11 is 8.45. The van der Waals surface area contributed by atoms with Gasteiger partial charge in [0.15, 0.2) is 5.82 Å². The number of hydrogen-bond donors (Lipinski definition) is 1. The van der Waals surface area contributed by atoms with Gasteiger partial charge in [-0.05, 0) is 24.1 Å². The predicted octanol–water partition coefficient (Wildman–Crippen LogP) is 2.91. The van der Waals surface area contributed by atoms with Crippen LogP contribution >= 0.6 is 28.1 Å². The van der Waals surface area contributed by atoms with E-state index in [9.17, 15) is 0 Å². The average molecular weight is 369 g/mol. The quantitative estimate of drug-likeness (QED) is 0.794. The van der Waals surface area contributed by atoms with Crippen LogP contribution in [0.1, 0.15) is 25.2 Å². The summed E-state index contributed by atoms with van der Waals surface area (Å²) in [5.74, 6) is 1.91. The Balaban J connectivity index is 2.14. The summed E-state index contributed by atoms with van der Waals surface area (Å²) < 4.78 is 8.56. The molecule has 112 valence electrons. The van der Waals surface area contributed by atoms with E-state index in [0.29, 0.717) is 28.8 Å². The third-order valence-corrected chi connectivity index (χ3v) is 3.51. The highest BCUT2D eigenvalue weighted by Crippen LogP contribution is 2.24. The Hall–Kier alpha value is -1.47. The number of benzene rings is 1. The fourth-order valence-corrected chi connectivity index (χ4v) is 2.38. The first-order valence-corrected chi connectivity index (χ1v) is 7.76. The van der Waals surface area contributed by atoms with Crippen LogP contribution in [0.3, 0.4) is 0 Å². The van der Waals surface area contributed by atoms with Gasteiger partial charge in [0, 0.05) is 11.0 Å². The molecule has 7 heteroatoms. The van der Waals surface area contributed by atoms with Crippen molar-refractivity contribution in [1.29, 1.82) is 0 Å². The number of halogens is 1. The Morgan fingerprint density at radius 1 is 1.48 bits per heavy atom. The number of nitrogens with zero attached hydrogens (tertiary/aromatic N) is 3. The standard InChI is InChI=1S/C14H17BrN4OS/c1-9(2)6-19-13(17-8-18-19)7-20-12-4-3-10(15)5-11(12)14(16)21/h3-5,8-9H,6-7H2,1-2H3,(H2,16,21). The third kappa shape index (κ3) is 4.25. The van der Waals surface area contributed by atoms with Crippen LogP contribution in [-0.2, 0) is 13.2 Å². The van der Waals surface area contributed by atoms with Crippen molar-refractivity contribution in [3.05, 3.63) is 40.4 Å². The van der Waals surface area contributed by atoms with Gasteiger partial charge in [0.25, 0.3) is 0 Å². The summed E-state index contributed by atoms with van der Waals surface area (Å²) in [6.45, 7) is 5.39. The summed E-state index contributed by atoms with van der Waals surface area (Å²) in [6.07, 6.45) is 1.54. The molecule has 0 fully saturated rings. The molecule has 2 N–H and O–H groups in total. The number of ether oxygens (including phenoxy) is 1. The lowest BCUT2D eigenvalue weighted by atomic mass is 10.2. The molecule has 0 unspecified atom stereocenters. The summed E-state index contributed by atoms with van der Waals surface area (Å²) in [6, 6.07) is 5.56. The lowest BCUT2D eigenvalue weighted by Crippen LogP contribution is -2.14. The Labute approximate surface area is 137 Å². The van der Waals surface area contributed by atoms with Gasteiger partial charge in [-0.3, -0.25) is 0 Å². The second-order valence-electron chi connectivity index (χ2n) is 5.05. The number of nitrogens with two attached hydrogens (primary N) is 1. The van der Waals surface area contributed by atoms with Crippen LogP contribution in [0.4, 0.5) is 0 Å². The molecule has 0 saturated heterocycles. The van der Waals surface area contributed by atoms with E-state index in [-0.39, 0.29) is 0 Å². The zero-order valence-electron chi connectivity index (χ0n) is 11.9. The molecule has 0 radical (unpaired) electrons. The molecule has 0 aliphatic heterocycles. The zero-order valence-corrected chi connectivity index (χ0v) is 14.3. The van der Waals surface area contributed by atoms with Gasteiger partial charge >= 0.3 is 0 Å². The maximum Gasteiger partial charge on any atom is 0.164 e. The molecule has 2 rings (SSSR count). The number of thiocarbonyl (C=S) groups is 1. The summed E-state index contributed by atoms with van der Waals surface area (Å²) in [4.78, 5) is 4.53. The maximum atomic E-state index is 5.81. The van der Waals surface area contributed by atoms with E-state index in [1.165, 1.54) is 6.33 Å². The SMILES string of the molecule is CC(C)Cn1ncnc1COc1ccc(Br)cc1C(N)=S. The van der Waals surface area contributed by atoms with Crippen molar-refractivity contribution >= 4 is 33.1 Å². The van der Waals surface area contributed by atoms with Crippen molar-refractivity contribution in [1.82, 2.24) is 14.8 Å². The molecule has 21 heavy (non-hydrogen) atoms. The molecule has 1 aromatic carbocycles. The summed E-state index contributed by atoms with van der Waals surface area (Å²) in [5.41, 5.74) is 6.43. The van der Waals surface area contributed by atoms with Gasteiger partial charge in [0.2, 0.25) is 0 Å². The Kier molecular flexibility index (Phi) is 5.30. The minimum atomic E-state index is 0.301. The molecule has 0 atom stereocenters. The van der Waals surface area contributed by atoms with Crippen LogP contribution in [0, 0.1) is 5.92 Å². The maximum absolute atomic E-state index is 5.81. The molecular weight excluding hydrogens is 352 g/mol. The molecule has 0 spiro atoms. The van der Waals surface area contributed by atoms with Gasteiger partial charge in [0.1, 0.15) is 23.7 Å². The fraction of sp³-hybridized carbons (Fsp3) is 0.357. The smallest absolute Gasteiger partial charge is 0.164 e. The van der Waals surface area contributed by atoms with Crippen LogP contribution in [0.15, 0.2) is 29.0 Å². The first-order valence-electron chi connectivity index (χ1n) is 6.56. The molecule has 1 heterocycles. The highest BCUT2D eigenvalue weighted by Gasteiger charge is 2.11. The normalized spacial score (nSPS) is 10.9. The van der Waals surface area contributed by atoms with Gasteiger partial charge in [-0.2, -0.15) is 5.10 Å². The lowest BCUT2D eigenvalue weighted by Gasteiger charge is -2.12. The number of aromatic nitrogens is 3. The highest BCUT2D eigenvalue weighted by atomic mass is 79.9. The van der Waals surface area contributed by atoms with Crippen molar-refractivity contribution in [2.75, 3.05) is 0 Å². The Morgan fingerprint density at radius 3 is 2.90 bits per heavy atom. The second-order valence-corrected chi connectivity index (χ2v) is 6.40. The van der Waals surface area contributed by atoms with Crippen molar-refractivity contribution in [3.63, 3.8) is 0 Å². The van der Waals surface area contributed by atoms with Gasteiger partial charge in [0.05, 0.1) is 5.56 Å². The first-order chi connectivity index (χ1) is 9.97. The van der Waals surface area contributed by atoms with Gasteiger partial charge in [-0.25, -0.2) is 9.67 Å². The first kappa shape index (κ1) is 15.9. The molecule has 1 aromatic heterocycles.